The Bertz CT molecular complexity index is 1320. The summed E-state index contributed by atoms with van der Waals surface area (Å²) >= 11 is 6.08. The summed E-state index contributed by atoms with van der Waals surface area (Å²) in [5.41, 5.74) is 5.44. The number of fused-ring (bicyclic) bond motifs is 2. The SMILES string of the molecule is O=C1c2ccccc2NC(c2coc3ccc(Cl)cc3c2=O)N1Nc1ccccc1. The number of benzene rings is 3. The first kappa shape index (κ1) is 18.3. The van der Waals surface area contributed by atoms with Crippen molar-refractivity contribution in [1.29, 1.82) is 0 Å². The van der Waals surface area contributed by atoms with Crippen LogP contribution in [0.25, 0.3) is 11.0 Å². The molecule has 3 aromatic carbocycles. The van der Waals surface area contributed by atoms with Crippen molar-refractivity contribution in [3.8, 4) is 0 Å². The molecule has 2 heterocycles. The van der Waals surface area contributed by atoms with E-state index in [1.807, 2.05) is 36.4 Å². The van der Waals surface area contributed by atoms with E-state index in [0.29, 0.717) is 32.9 Å². The molecule has 0 fully saturated rings. The fraction of sp³-hybridized carbons (Fsp3) is 0.0435. The zero-order valence-corrected chi connectivity index (χ0v) is 16.4. The van der Waals surface area contributed by atoms with Gasteiger partial charge in [0, 0.05) is 10.7 Å². The number of nitrogens with zero attached hydrogens (tertiary/aromatic N) is 1. The number of para-hydroxylation sites is 2. The third-order valence-corrected chi connectivity index (χ3v) is 5.24. The summed E-state index contributed by atoms with van der Waals surface area (Å²) < 4.78 is 5.69. The van der Waals surface area contributed by atoms with Crippen molar-refractivity contribution in [1.82, 2.24) is 5.01 Å². The monoisotopic (exact) mass is 417 g/mol. The number of hydrogen-bond acceptors (Lipinski definition) is 5. The van der Waals surface area contributed by atoms with Gasteiger partial charge in [-0.25, -0.2) is 5.01 Å². The fourth-order valence-electron chi connectivity index (χ4n) is 3.55. The summed E-state index contributed by atoms with van der Waals surface area (Å²) in [7, 11) is 0. The maximum Gasteiger partial charge on any atom is 0.276 e. The van der Waals surface area contributed by atoms with Gasteiger partial charge in [0.25, 0.3) is 5.91 Å². The van der Waals surface area contributed by atoms with E-state index in [-0.39, 0.29) is 16.9 Å². The lowest BCUT2D eigenvalue weighted by Gasteiger charge is -2.37. The number of hydrogen-bond donors (Lipinski definition) is 2. The highest BCUT2D eigenvalue weighted by Crippen LogP contribution is 2.33. The number of anilines is 2. The Morgan fingerprint density at radius 2 is 1.73 bits per heavy atom. The molecule has 1 amide bonds. The highest BCUT2D eigenvalue weighted by Gasteiger charge is 2.35. The average Bonchev–Trinajstić information content (AvgIpc) is 2.77. The predicted octanol–water partition coefficient (Wildman–Crippen LogP) is 5.04. The van der Waals surface area contributed by atoms with Gasteiger partial charge in [0.15, 0.2) is 11.6 Å². The van der Waals surface area contributed by atoms with Crippen LogP contribution in [0.4, 0.5) is 11.4 Å². The lowest BCUT2D eigenvalue weighted by atomic mass is 10.0. The van der Waals surface area contributed by atoms with E-state index >= 15 is 0 Å². The molecule has 1 unspecified atom stereocenters. The number of carbonyl (C=O) groups is 1. The molecule has 5 rings (SSSR count). The molecule has 1 atom stereocenters. The van der Waals surface area contributed by atoms with Gasteiger partial charge in [-0.05, 0) is 42.5 Å². The van der Waals surface area contributed by atoms with Crippen molar-refractivity contribution >= 4 is 39.9 Å². The minimum Gasteiger partial charge on any atom is -0.464 e. The van der Waals surface area contributed by atoms with Crippen LogP contribution in [0, 0.1) is 0 Å². The topological polar surface area (TPSA) is 74.6 Å². The first-order valence-corrected chi connectivity index (χ1v) is 9.71. The van der Waals surface area contributed by atoms with Gasteiger partial charge in [0.1, 0.15) is 11.8 Å². The second-order valence-corrected chi connectivity index (χ2v) is 7.34. The van der Waals surface area contributed by atoms with E-state index in [0.717, 1.165) is 0 Å². The summed E-state index contributed by atoms with van der Waals surface area (Å²) in [6.45, 7) is 0. The number of rotatable bonds is 3. The molecular weight excluding hydrogens is 402 g/mol. The number of nitrogens with one attached hydrogen (secondary N) is 2. The van der Waals surface area contributed by atoms with Gasteiger partial charge in [-0.2, -0.15) is 0 Å². The molecule has 30 heavy (non-hydrogen) atoms. The van der Waals surface area contributed by atoms with Gasteiger partial charge in [-0.15, -0.1) is 0 Å². The Morgan fingerprint density at radius 3 is 2.57 bits per heavy atom. The van der Waals surface area contributed by atoms with Crippen molar-refractivity contribution in [3.05, 3.63) is 105 Å². The number of halogens is 1. The van der Waals surface area contributed by atoms with Crippen LogP contribution in [0.3, 0.4) is 0 Å². The van der Waals surface area contributed by atoms with Crippen LogP contribution in [0.2, 0.25) is 5.02 Å². The molecule has 1 aromatic heterocycles. The number of hydrazine groups is 1. The highest BCUT2D eigenvalue weighted by atomic mass is 35.5. The fourth-order valence-corrected chi connectivity index (χ4v) is 3.72. The zero-order valence-electron chi connectivity index (χ0n) is 15.6. The molecule has 0 spiro atoms. The molecule has 1 aliphatic heterocycles. The van der Waals surface area contributed by atoms with E-state index in [2.05, 4.69) is 10.7 Å². The van der Waals surface area contributed by atoms with E-state index in [1.54, 1.807) is 36.4 Å². The van der Waals surface area contributed by atoms with Crippen molar-refractivity contribution in [2.45, 2.75) is 6.17 Å². The van der Waals surface area contributed by atoms with Gasteiger partial charge >= 0.3 is 0 Å². The van der Waals surface area contributed by atoms with Crippen LogP contribution >= 0.6 is 11.6 Å². The molecular formula is C23H16ClN3O3. The van der Waals surface area contributed by atoms with Crippen LogP contribution in [0.1, 0.15) is 22.1 Å². The minimum absolute atomic E-state index is 0.260. The average molecular weight is 418 g/mol. The lowest BCUT2D eigenvalue weighted by molar-refractivity contribution is 0.0731. The molecule has 6 nitrogen and oxygen atoms in total. The summed E-state index contributed by atoms with van der Waals surface area (Å²) in [6.07, 6.45) is 0.601. The lowest BCUT2D eigenvalue weighted by Crippen LogP contribution is -2.47. The Morgan fingerprint density at radius 1 is 0.967 bits per heavy atom. The smallest absolute Gasteiger partial charge is 0.276 e. The highest BCUT2D eigenvalue weighted by molar-refractivity contribution is 6.31. The molecule has 7 heteroatoms. The van der Waals surface area contributed by atoms with E-state index in [4.69, 9.17) is 16.0 Å². The molecule has 1 aliphatic rings. The zero-order chi connectivity index (χ0) is 20.7. The molecule has 0 saturated carbocycles. The van der Waals surface area contributed by atoms with E-state index in [1.165, 1.54) is 11.3 Å². The maximum absolute atomic E-state index is 13.3. The summed E-state index contributed by atoms with van der Waals surface area (Å²) in [5.74, 6) is -0.260. The van der Waals surface area contributed by atoms with Gasteiger partial charge < -0.3 is 9.73 Å². The first-order valence-electron chi connectivity index (χ1n) is 9.33. The van der Waals surface area contributed by atoms with Gasteiger partial charge in [-0.3, -0.25) is 15.0 Å². The van der Waals surface area contributed by atoms with Crippen molar-refractivity contribution < 1.29 is 9.21 Å². The largest absolute Gasteiger partial charge is 0.464 e. The van der Waals surface area contributed by atoms with Crippen molar-refractivity contribution in [2.24, 2.45) is 0 Å². The van der Waals surface area contributed by atoms with Crippen molar-refractivity contribution in [3.63, 3.8) is 0 Å². The second-order valence-electron chi connectivity index (χ2n) is 6.91. The van der Waals surface area contributed by atoms with Crippen LogP contribution < -0.4 is 16.2 Å². The Hall–Kier alpha value is -3.77. The predicted molar refractivity (Wildman–Crippen MR) is 117 cm³/mol. The Kier molecular flexibility index (Phi) is 4.41. The molecule has 4 aromatic rings. The summed E-state index contributed by atoms with van der Waals surface area (Å²) in [5, 5.41) is 5.48. The standard InChI is InChI=1S/C23H16ClN3O3/c24-14-10-11-20-17(12-14)21(28)18(13-30-20)22-25-19-9-5-4-8-16(19)23(29)27(22)26-15-6-2-1-3-7-15/h1-13,22,25-26H. The van der Waals surface area contributed by atoms with Crippen LogP contribution in [-0.4, -0.2) is 10.9 Å². The van der Waals surface area contributed by atoms with Gasteiger partial charge in [0.05, 0.1) is 22.2 Å². The molecule has 0 bridgehead atoms. The minimum atomic E-state index is -0.785. The van der Waals surface area contributed by atoms with Gasteiger partial charge in [-0.1, -0.05) is 41.9 Å². The first-order chi connectivity index (χ1) is 14.6. The Balaban J connectivity index is 1.66. The third kappa shape index (κ3) is 3.07. The molecule has 0 aliphatic carbocycles. The maximum atomic E-state index is 13.3. The van der Waals surface area contributed by atoms with Gasteiger partial charge in [0.2, 0.25) is 0 Å². The van der Waals surface area contributed by atoms with E-state index < -0.39 is 6.17 Å². The normalized spacial score (nSPS) is 15.6. The quantitative estimate of drug-likeness (QED) is 0.488. The van der Waals surface area contributed by atoms with E-state index in [9.17, 15) is 9.59 Å². The molecule has 0 saturated heterocycles. The Labute approximate surface area is 176 Å². The van der Waals surface area contributed by atoms with Crippen molar-refractivity contribution in [2.75, 3.05) is 10.7 Å². The molecule has 148 valence electrons. The second kappa shape index (κ2) is 7.24. The molecule has 2 N–H and O–H groups in total. The summed E-state index contributed by atoms with van der Waals surface area (Å²) in [4.78, 5) is 26.6. The van der Waals surface area contributed by atoms with Crippen LogP contribution in [0.15, 0.2) is 88.3 Å². The number of carbonyl (C=O) groups excluding carboxylic acids is 1. The summed E-state index contributed by atoms with van der Waals surface area (Å²) in [6, 6.07) is 21.3. The van der Waals surface area contributed by atoms with Crippen LogP contribution in [-0.2, 0) is 0 Å². The van der Waals surface area contributed by atoms with Crippen LogP contribution in [0.5, 0.6) is 0 Å². The third-order valence-electron chi connectivity index (χ3n) is 5.01. The molecule has 0 radical (unpaired) electrons. The number of amides is 1.